The second-order valence-corrected chi connectivity index (χ2v) is 5.73. The molecule has 4 amide bonds. The van der Waals surface area contributed by atoms with Gasteiger partial charge in [-0.3, -0.25) is 19.9 Å². The summed E-state index contributed by atoms with van der Waals surface area (Å²) in [5, 5.41) is 11.6. The van der Waals surface area contributed by atoms with Crippen LogP contribution in [0.25, 0.3) is 6.08 Å². The summed E-state index contributed by atoms with van der Waals surface area (Å²) in [6.45, 7) is 0. The van der Waals surface area contributed by atoms with Gasteiger partial charge in [-0.05, 0) is 51.8 Å². The van der Waals surface area contributed by atoms with E-state index in [2.05, 4.69) is 26.2 Å². The average molecular weight is 388 g/mol. The van der Waals surface area contributed by atoms with Crippen molar-refractivity contribution < 1.29 is 19.5 Å². The summed E-state index contributed by atoms with van der Waals surface area (Å²) in [5.74, 6) is -1.50. The number of carbonyl (C=O) groups is 3. The van der Waals surface area contributed by atoms with Gasteiger partial charge in [-0.15, -0.1) is 0 Å². The number of aromatic nitrogens is 1. The number of imide groups is 2. The Kier molecular flexibility index (Phi) is 4.13. The molecule has 2 aromatic rings. The molecule has 0 unspecified atom stereocenters. The molecule has 1 saturated heterocycles. The number of benzene rings is 1. The maximum Gasteiger partial charge on any atom is 0.336 e. The van der Waals surface area contributed by atoms with Gasteiger partial charge in [-0.2, -0.15) is 0 Å². The molecule has 0 radical (unpaired) electrons. The zero-order valence-electron chi connectivity index (χ0n) is 12.1. The number of phenols is 1. The fourth-order valence-electron chi connectivity index (χ4n) is 2.16. The molecule has 1 aromatic carbocycles. The molecule has 1 aromatic heterocycles. The summed E-state index contributed by atoms with van der Waals surface area (Å²) in [7, 11) is 0. The van der Waals surface area contributed by atoms with Crippen LogP contribution in [0.5, 0.6) is 5.75 Å². The van der Waals surface area contributed by atoms with Crippen molar-refractivity contribution in [1.82, 2.24) is 10.3 Å². The predicted octanol–water partition coefficient (Wildman–Crippen LogP) is 2.22. The summed E-state index contributed by atoms with van der Waals surface area (Å²) < 4.78 is 0.417. The number of hydrogen-bond donors (Lipinski definition) is 2. The first-order valence-electron chi connectivity index (χ1n) is 6.77. The summed E-state index contributed by atoms with van der Waals surface area (Å²) in [5.41, 5.74) is 0.569. The van der Waals surface area contributed by atoms with E-state index in [1.54, 1.807) is 18.2 Å². The second kappa shape index (κ2) is 6.25. The number of anilines is 1. The van der Waals surface area contributed by atoms with E-state index in [9.17, 15) is 19.5 Å². The first kappa shape index (κ1) is 15.9. The molecule has 2 N–H and O–H groups in total. The number of nitrogens with one attached hydrogen (secondary N) is 1. The normalized spacial score (nSPS) is 16.5. The van der Waals surface area contributed by atoms with Crippen LogP contribution < -0.4 is 10.2 Å². The molecule has 1 fully saturated rings. The van der Waals surface area contributed by atoms with E-state index in [1.807, 2.05) is 0 Å². The highest BCUT2D eigenvalue weighted by molar-refractivity contribution is 9.10. The number of nitrogens with zero attached hydrogens (tertiary/aromatic N) is 2. The molecule has 24 heavy (non-hydrogen) atoms. The highest BCUT2D eigenvalue weighted by atomic mass is 79.9. The number of carbonyl (C=O) groups excluding carboxylic acids is 3. The Morgan fingerprint density at radius 3 is 2.67 bits per heavy atom. The minimum Gasteiger partial charge on any atom is -0.507 e. The molecule has 8 heteroatoms. The molecule has 7 nitrogen and oxygen atoms in total. The van der Waals surface area contributed by atoms with Crippen molar-refractivity contribution in [3.05, 3.63) is 58.3 Å². The van der Waals surface area contributed by atoms with Crippen LogP contribution in [0.1, 0.15) is 5.56 Å². The lowest BCUT2D eigenvalue weighted by atomic mass is 10.1. The van der Waals surface area contributed by atoms with Gasteiger partial charge in [-0.25, -0.2) is 9.69 Å². The van der Waals surface area contributed by atoms with Crippen molar-refractivity contribution in [2.45, 2.75) is 0 Å². The van der Waals surface area contributed by atoms with Gasteiger partial charge in [0, 0.05) is 6.20 Å². The number of aromatic hydroxyl groups is 1. The second-order valence-electron chi connectivity index (χ2n) is 4.88. The smallest absolute Gasteiger partial charge is 0.336 e. The number of phenolic OH excluding ortho intramolecular Hbond substituents is 1. The van der Waals surface area contributed by atoms with Gasteiger partial charge < -0.3 is 5.11 Å². The van der Waals surface area contributed by atoms with E-state index in [-0.39, 0.29) is 17.0 Å². The van der Waals surface area contributed by atoms with Gasteiger partial charge in [-0.1, -0.05) is 6.07 Å². The van der Waals surface area contributed by atoms with Crippen LogP contribution in [0.2, 0.25) is 0 Å². The highest BCUT2D eigenvalue weighted by Gasteiger charge is 2.36. The zero-order valence-corrected chi connectivity index (χ0v) is 13.6. The van der Waals surface area contributed by atoms with Crippen molar-refractivity contribution in [2.24, 2.45) is 0 Å². The highest BCUT2D eigenvalue weighted by Crippen LogP contribution is 2.26. The van der Waals surface area contributed by atoms with Crippen molar-refractivity contribution in [3.8, 4) is 5.75 Å². The van der Waals surface area contributed by atoms with Gasteiger partial charge in [0.05, 0.1) is 16.4 Å². The third kappa shape index (κ3) is 2.91. The van der Waals surface area contributed by atoms with E-state index < -0.39 is 17.8 Å². The maximum absolute atomic E-state index is 12.6. The molecule has 1 aliphatic rings. The molecule has 0 bridgehead atoms. The Morgan fingerprint density at radius 2 is 2.00 bits per heavy atom. The van der Waals surface area contributed by atoms with Crippen LogP contribution in [-0.4, -0.2) is 27.9 Å². The Balaban J connectivity index is 2.02. The molecule has 3 rings (SSSR count). The summed E-state index contributed by atoms with van der Waals surface area (Å²) in [6.07, 6.45) is 4.20. The molecule has 0 saturated carbocycles. The zero-order chi connectivity index (χ0) is 17.3. The third-order valence-electron chi connectivity index (χ3n) is 3.29. The van der Waals surface area contributed by atoms with Gasteiger partial charge >= 0.3 is 6.03 Å². The molecule has 2 heterocycles. The molecule has 1 aliphatic heterocycles. The largest absolute Gasteiger partial charge is 0.507 e. The SMILES string of the molecule is O=C1NC(=O)N(c2cccnc2)C(=O)/C1=C/c1ccc(O)c(Br)c1. The number of urea groups is 1. The quantitative estimate of drug-likeness (QED) is 0.607. The third-order valence-corrected chi connectivity index (χ3v) is 3.92. The molecule has 0 spiro atoms. The summed E-state index contributed by atoms with van der Waals surface area (Å²) >= 11 is 3.16. The van der Waals surface area contributed by atoms with Gasteiger partial charge in [0.15, 0.2) is 0 Å². The van der Waals surface area contributed by atoms with Crippen molar-refractivity contribution >= 4 is 45.5 Å². The van der Waals surface area contributed by atoms with Crippen LogP contribution >= 0.6 is 15.9 Å². The van der Waals surface area contributed by atoms with Gasteiger partial charge in [0.1, 0.15) is 11.3 Å². The topological polar surface area (TPSA) is 99.6 Å². The van der Waals surface area contributed by atoms with E-state index in [0.29, 0.717) is 10.0 Å². The van der Waals surface area contributed by atoms with E-state index in [1.165, 1.54) is 30.6 Å². The number of rotatable bonds is 2. The first-order valence-corrected chi connectivity index (χ1v) is 7.56. The Labute approximate surface area is 144 Å². The minimum atomic E-state index is -0.831. The molecular formula is C16H10BrN3O4. The number of amides is 4. The van der Waals surface area contributed by atoms with Gasteiger partial charge in [0.25, 0.3) is 11.8 Å². The monoisotopic (exact) mass is 387 g/mol. The molecule has 120 valence electrons. The summed E-state index contributed by atoms with van der Waals surface area (Å²) in [4.78, 5) is 41.3. The number of barbiturate groups is 1. The summed E-state index contributed by atoms with van der Waals surface area (Å²) in [6, 6.07) is 6.79. The van der Waals surface area contributed by atoms with E-state index in [0.717, 1.165) is 4.90 Å². The Bertz CT molecular complexity index is 880. The molecule has 0 atom stereocenters. The predicted molar refractivity (Wildman–Crippen MR) is 89.0 cm³/mol. The molecular weight excluding hydrogens is 378 g/mol. The van der Waals surface area contributed by atoms with Crippen LogP contribution in [0, 0.1) is 0 Å². The maximum atomic E-state index is 12.6. The Morgan fingerprint density at radius 1 is 1.21 bits per heavy atom. The lowest BCUT2D eigenvalue weighted by Gasteiger charge is -2.26. The lowest BCUT2D eigenvalue weighted by Crippen LogP contribution is -2.54. The van der Waals surface area contributed by atoms with Crippen molar-refractivity contribution in [3.63, 3.8) is 0 Å². The van der Waals surface area contributed by atoms with Crippen molar-refractivity contribution in [1.29, 1.82) is 0 Å². The van der Waals surface area contributed by atoms with Crippen molar-refractivity contribution in [2.75, 3.05) is 4.90 Å². The lowest BCUT2D eigenvalue weighted by molar-refractivity contribution is -0.122. The molecule has 0 aliphatic carbocycles. The standard InChI is InChI=1S/C16H10BrN3O4/c17-12-7-9(3-4-13(12)21)6-11-14(22)19-16(24)20(15(11)23)10-2-1-5-18-8-10/h1-8,21H,(H,19,22,24)/b11-6+. The van der Waals surface area contributed by atoms with E-state index in [4.69, 9.17) is 0 Å². The average Bonchev–Trinajstić information content (AvgIpc) is 2.55. The number of pyridine rings is 1. The van der Waals surface area contributed by atoms with Crippen LogP contribution in [-0.2, 0) is 9.59 Å². The minimum absolute atomic E-state index is 0.0312. The fraction of sp³-hybridized carbons (Fsp3) is 0. The van der Waals surface area contributed by atoms with E-state index >= 15 is 0 Å². The number of hydrogen-bond acceptors (Lipinski definition) is 5. The first-order chi connectivity index (χ1) is 11.5. The fourth-order valence-corrected chi connectivity index (χ4v) is 2.55. The van der Waals surface area contributed by atoms with Crippen LogP contribution in [0.15, 0.2) is 52.8 Å². The number of halogens is 1. The van der Waals surface area contributed by atoms with Crippen LogP contribution in [0.4, 0.5) is 10.5 Å². The van der Waals surface area contributed by atoms with Crippen LogP contribution in [0.3, 0.4) is 0 Å². The van der Waals surface area contributed by atoms with Gasteiger partial charge in [0.2, 0.25) is 0 Å². The Hall–Kier alpha value is -3.00.